The molecule has 3 rings (SSSR count). The Hall–Kier alpha value is -1.52. The standard InChI is InChI=1S/C16H20N2O2.ClH/c1-18-9-5-7-12(16(19)20-2)15(18)13-10-17-14-8-4-3-6-11(13)14;/h3-4,6,8,10,12,15,17H,5,7,9H2,1-2H3;1H. The van der Waals surface area contributed by atoms with Crippen molar-refractivity contribution in [3.63, 3.8) is 0 Å². The van der Waals surface area contributed by atoms with Crippen LogP contribution in [0, 0.1) is 5.92 Å². The van der Waals surface area contributed by atoms with Gasteiger partial charge in [0, 0.05) is 23.1 Å². The van der Waals surface area contributed by atoms with Gasteiger partial charge in [-0.05, 0) is 38.1 Å². The number of nitrogens with one attached hydrogen (secondary N) is 1. The second-order valence-corrected chi connectivity index (χ2v) is 5.49. The Morgan fingerprint density at radius 1 is 1.38 bits per heavy atom. The van der Waals surface area contributed by atoms with Crippen LogP contribution in [0.1, 0.15) is 24.4 Å². The van der Waals surface area contributed by atoms with Gasteiger partial charge in [-0.25, -0.2) is 0 Å². The summed E-state index contributed by atoms with van der Waals surface area (Å²) in [7, 11) is 3.56. The molecule has 0 saturated carbocycles. The predicted octanol–water partition coefficient (Wildman–Crippen LogP) is 3.15. The van der Waals surface area contributed by atoms with Crippen LogP contribution in [0.15, 0.2) is 30.5 Å². The molecule has 0 aliphatic carbocycles. The molecule has 1 aliphatic rings. The van der Waals surface area contributed by atoms with Gasteiger partial charge in [-0.1, -0.05) is 18.2 Å². The van der Waals surface area contributed by atoms with Gasteiger partial charge in [0.15, 0.2) is 0 Å². The third-order valence-corrected chi connectivity index (χ3v) is 4.33. The molecule has 1 fully saturated rings. The van der Waals surface area contributed by atoms with Crippen LogP contribution in [0.2, 0.25) is 0 Å². The zero-order chi connectivity index (χ0) is 14.1. The number of aromatic amines is 1. The Bertz CT molecular complexity index is 626. The second-order valence-electron chi connectivity index (χ2n) is 5.49. The van der Waals surface area contributed by atoms with Crippen molar-refractivity contribution < 1.29 is 9.53 Å². The molecule has 1 aliphatic heterocycles. The molecule has 1 saturated heterocycles. The molecule has 0 radical (unpaired) electrons. The number of benzene rings is 1. The van der Waals surface area contributed by atoms with Crippen molar-refractivity contribution in [2.75, 3.05) is 20.7 Å². The smallest absolute Gasteiger partial charge is 0.310 e. The van der Waals surface area contributed by atoms with Crippen LogP contribution in [0.4, 0.5) is 0 Å². The van der Waals surface area contributed by atoms with Gasteiger partial charge in [-0.2, -0.15) is 0 Å². The lowest BCUT2D eigenvalue weighted by atomic mass is 9.85. The van der Waals surface area contributed by atoms with Crippen molar-refractivity contribution in [2.45, 2.75) is 18.9 Å². The van der Waals surface area contributed by atoms with Gasteiger partial charge >= 0.3 is 5.97 Å². The minimum absolute atomic E-state index is 0. The van der Waals surface area contributed by atoms with Crippen molar-refractivity contribution >= 4 is 29.3 Å². The van der Waals surface area contributed by atoms with E-state index in [4.69, 9.17) is 4.74 Å². The number of esters is 1. The molecule has 5 heteroatoms. The molecule has 1 aromatic heterocycles. The minimum atomic E-state index is -0.105. The lowest BCUT2D eigenvalue weighted by Crippen LogP contribution is -2.40. The largest absolute Gasteiger partial charge is 0.469 e. The summed E-state index contributed by atoms with van der Waals surface area (Å²) >= 11 is 0. The Balaban J connectivity index is 0.00000161. The predicted molar refractivity (Wildman–Crippen MR) is 85.7 cm³/mol. The lowest BCUT2D eigenvalue weighted by Gasteiger charge is -2.37. The van der Waals surface area contributed by atoms with E-state index in [0.717, 1.165) is 24.9 Å². The zero-order valence-corrected chi connectivity index (χ0v) is 13.2. The number of aromatic nitrogens is 1. The monoisotopic (exact) mass is 308 g/mol. The van der Waals surface area contributed by atoms with Crippen LogP contribution in [0.5, 0.6) is 0 Å². The van der Waals surface area contributed by atoms with E-state index in [1.54, 1.807) is 0 Å². The van der Waals surface area contributed by atoms with E-state index in [1.807, 2.05) is 18.3 Å². The number of likely N-dealkylation sites (tertiary alicyclic amines) is 1. The molecule has 21 heavy (non-hydrogen) atoms. The highest BCUT2D eigenvalue weighted by atomic mass is 35.5. The number of fused-ring (bicyclic) bond motifs is 1. The Kier molecular flexibility index (Phi) is 4.91. The number of para-hydroxylation sites is 1. The fourth-order valence-electron chi connectivity index (χ4n) is 3.36. The van der Waals surface area contributed by atoms with Gasteiger partial charge in [-0.15, -0.1) is 12.4 Å². The van der Waals surface area contributed by atoms with Crippen molar-refractivity contribution in [1.29, 1.82) is 0 Å². The normalized spacial score (nSPS) is 22.8. The summed E-state index contributed by atoms with van der Waals surface area (Å²) in [6.07, 6.45) is 3.96. The average molecular weight is 309 g/mol. The number of carbonyl (C=O) groups is 1. The summed E-state index contributed by atoms with van der Waals surface area (Å²) in [6, 6.07) is 8.32. The van der Waals surface area contributed by atoms with Gasteiger partial charge in [0.1, 0.15) is 0 Å². The highest BCUT2D eigenvalue weighted by Crippen LogP contribution is 2.38. The highest BCUT2D eigenvalue weighted by molar-refractivity contribution is 5.85. The summed E-state index contributed by atoms with van der Waals surface area (Å²) in [5.41, 5.74) is 2.31. The number of methoxy groups -OCH3 is 1. The maximum Gasteiger partial charge on any atom is 0.310 e. The molecular formula is C16H21ClN2O2. The third kappa shape index (κ3) is 2.78. The molecular weight excluding hydrogens is 288 g/mol. The van der Waals surface area contributed by atoms with Crippen molar-refractivity contribution in [2.24, 2.45) is 5.92 Å². The summed E-state index contributed by atoms with van der Waals surface area (Å²) < 4.78 is 5.00. The number of nitrogens with zero attached hydrogens (tertiary/aromatic N) is 1. The fraction of sp³-hybridized carbons (Fsp3) is 0.438. The van der Waals surface area contributed by atoms with E-state index < -0.39 is 0 Å². The number of ether oxygens (including phenoxy) is 1. The average Bonchev–Trinajstić information content (AvgIpc) is 2.90. The topological polar surface area (TPSA) is 45.3 Å². The second kappa shape index (κ2) is 6.50. The maximum atomic E-state index is 12.1. The van der Waals surface area contributed by atoms with E-state index >= 15 is 0 Å². The number of carbonyl (C=O) groups excluding carboxylic acids is 1. The fourth-order valence-corrected chi connectivity index (χ4v) is 3.36. The van der Waals surface area contributed by atoms with Crippen LogP contribution in [-0.2, 0) is 9.53 Å². The van der Waals surface area contributed by atoms with E-state index in [-0.39, 0.29) is 30.3 Å². The minimum Gasteiger partial charge on any atom is -0.469 e. The maximum absolute atomic E-state index is 12.1. The number of piperidine rings is 1. The number of hydrogen-bond donors (Lipinski definition) is 1. The third-order valence-electron chi connectivity index (χ3n) is 4.33. The molecule has 1 N–H and O–H groups in total. The van der Waals surface area contributed by atoms with Gasteiger partial charge in [-0.3, -0.25) is 9.69 Å². The Morgan fingerprint density at radius 2 is 2.14 bits per heavy atom. The van der Waals surface area contributed by atoms with E-state index in [9.17, 15) is 4.79 Å². The molecule has 2 heterocycles. The highest BCUT2D eigenvalue weighted by Gasteiger charge is 2.37. The first kappa shape index (κ1) is 15.9. The molecule has 2 aromatic rings. The molecule has 0 spiro atoms. The van der Waals surface area contributed by atoms with Crippen LogP contribution < -0.4 is 0 Å². The van der Waals surface area contributed by atoms with Crippen molar-refractivity contribution in [1.82, 2.24) is 9.88 Å². The Morgan fingerprint density at radius 3 is 2.90 bits per heavy atom. The first-order valence-corrected chi connectivity index (χ1v) is 7.06. The number of hydrogen-bond acceptors (Lipinski definition) is 3. The SMILES string of the molecule is COC(=O)C1CCCN(C)C1c1c[nH]c2ccccc12.Cl. The Labute approximate surface area is 130 Å². The molecule has 114 valence electrons. The quantitative estimate of drug-likeness (QED) is 0.867. The van der Waals surface area contributed by atoms with Crippen LogP contribution in [0.25, 0.3) is 10.9 Å². The molecule has 2 unspecified atom stereocenters. The first-order chi connectivity index (χ1) is 9.72. The molecule has 1 aromatic carbocycles. The van der Waals surface area contributed by atoms with Crippen LogP contribution in [-0.4, -0.2) is 36.6 Å². The first-order valence-electron chi connectivity index (χ1n) is 7.06. The number of rotatable bonds is 2. The van der Waals surface area contributed by atoms with Crippen LogP contribution in [0.3, 0.4) is 0 Å². The summed E-state index contributed by atoms with van der Waals surface area (Å²) in [6.45, 7) is 1.01. The van der Waals surface area contributed by atoms with Crippen molar-refractivity contribution in [3.8, 4) is 0 Å². The van der Waals surface area contributed by atoms with E-state index in [2.05, 4.69) is 29.1 Å². The lowest BCUT2D eigenvalue weighted by molar-refractivity contribution is -0.149. The van der Waals surface area contributed by atoms with Gasteiger partial charge in [0.05, 0.1) is 13.0 Å². The van der Waals surface area contributed by atoms with E-state index in [1.165, 1.54) is 18.1 Å². The summed E-state index contributed by atoms with van der Waals surface area (Å²) in [4.78, 5) is 17.7. The zero-order valence-electron chi connectivity index (χ0n) is 12.3. The van der Waals surface area contributed by atoms with Gasteiger partial charge in [0.2, 0.25) is 0 Å². The van der Waals surface area contributed by atoms with Gasteiger partial charge in [0.25, 0.3) is 0 Å². The van der Waals surface area contributed by atoms with Crippen molar-refractivity contribution in [3.05, 3.63) is 36.0 Å². The summed E-state index contributed by atoms with van der Waals surface area (Å²) in [5, 5.41) is 1.19. The summed E-state index contributed by atoms with van der Waals surface area (Å²) in [5.74, 6) is -0.190. The molecule has 0 bridgehead atoms. The molecule has 4 nitrogen and oxygen atoms in total. The van der Waals surface area contributed by atoms with Crippen LogP contribution >= 0.6 is 12.4 Å². The van der Waals surface area contributed by atoms with E-state index in [0.29, 0.717) is 0 Å². The molecule has 0 amide bonds. The number of H-pyrrole nitrogens is 1. The number of halogens is 1. The molecule has 2 atom stereocenters. The van der Waals surface area contributed by atoms with Gasteiger partial charge < -0.3 is 9.72 Å².